The maximum Gasteiger partial charge on any atom is 0.508 e. The highest BCUT2D eigenvalue weighted by Crippen LogP contribution is 2.31. The van der Waals surface area contributed by atoms with Gasteiger partial charge in [0.15, 0.2) is 44.5 Å². The van der Waals surface area contributed by atoms with Crippen LogP contribution in [0.15, 0.2) is 0 Å². The predicted molar refractivity (Wildman–Crippen MR) is 145 cm³/mol. The van der Waals surface area contributed by atoms with Crippen LogP contribution in [-0.4, -0.2) is 96.5 Å². The molecule has 2 rings (SSSR count). The Kier molecular flexibility index (Phi) is 11.7. The average molecular weight is 583 g/mol. The third-order valence-electron chi connectivity index (χ3n) is 6.56. The molecule has 0 bridgehead atoms. The molecule has 2 heterocycles. The van der Waals surface area contributed by atoms with Gasteiger partial charge in [0.25, 0.3) is 0 Å². The summed E-state index contributed by atoms with van der Waals surface area (Å²) in [6, 6.07) is 2.02. The lowest BCUT2D eigenvalue weighted by Gasteiger charge is -2.46. The molecule has 2 aliphatic heterocycles. The Morgan fingerprint density at radius 1 is 0.667 bits per heavy atom. The summed E-state index contributed by atoms with van der Waals surface area (Å²) in [5.74, 6) is 0. The number of ether oxygens (including phenoxy) is 6. The van der Waals surface area contributed by atoms with Gasteiger partial charge in [-0.05, 0) is 77.3 Å². The largest absolute Gasteiger partial charge is 0.508 e. The SMILES string of the molecule is C[Si](C)(CCCOCC1COC(=O)O1)O[Si](C)(C)[Si](C)(C)O[Si](C)(C)CCCOCC1COC(=O)O1. The lowest BCUT2D eigenvalue weighted by atomic mass is 10.4. The van der Waals surface area contributed by atoms with E-state index in [1.807, 2.05) is 0 Å². The summed E-state index contributed by atoms with van der Waals surface area (Å²) >= 11 is 0. The second kappa shape index (κ2) is 13.4. The van der Waals surface area contributed by atoms with E-state index in [9.17, 15) is 9.59 Å². The van der Waals surface area contributed by atoms with Crippen molar-refractivity contribution in [3.8, 4) is 0 Å². The standard InChI is InChI=1S/C22H46O10Si4/c1-33(2,13-9-11-25-15-19-17-27-21(23)29-19)31-35(5,6)36(7,8)32-34(3,4)14-10-12-26-16-20-18-28-22(24)30-20/h19-20H,9-18H2,1-8H3. The smallest absolute Gasteiger partial charge is 0.456 e. The minimum absolute atomic E-state index is 0.265. The van der Waals surface area contributed by atoms with Crippen molar-refractivity contribution in [3.63, 3.8) is 0 Å². The normalized spacial score (nSPS) is 21.2. The molecule has 210 valence electrons. The zero-order valence-corrected chi connectivity index (χ0v) is 27.3. The van der Waals surface area contributed by atoms with E-state index in [1.165, 1.54) is 0 Å². The van der Waals surface area contributed by atoms with E-state index < -0.39 is 44.6 Å². The van der Waals surface area contributed by atoms with Crippen LogP contribution in [0.25, 0.3) is 0 Å². The maximum absolute atomic E-state index is 11.0. The second-order valence-electron chi connectivity index (χ2n) is 11.7. The van der Waals surface area contributed by atoms with Crippen molar-refractivity contribution in [1.29, 1.82) is 0 Å². The number of hydrogen-bond acceptors (Lipinski definition) is 10. The van der Waals surface area contributed by atoms with Crippen LogP contribution in [-0.2, 0) is 36.7 Å². The molecule has 2 saturated heterocycles. The fourth-order valence-corrected chi connectivity index (χ4v) is 29.5. The molecule has 0 N–H and O–H groups in total. The summed E-state index contributed by atoms with van der Waals surface area (Å²) in [4.78, 5) is 21.9. The van der Waals surface area contributed by atoms with Crippen LogP contribution in [0.5, 0.6) is 0 Å². The van der Waals surface area contributed by atoms with Crippen LogP contribution < -0.4 is 0 Å². The number of rotatable bonds is 17. The molecule has 0 spiro atoms. The van der Waals surface area contributed by atoms with Crippen LogP contribution in [0.3, 0.4) is 0 Å². The zero-order valence-electron chi connectivity index (χ0n) is 23.3. The lowest BCUT2D eigenvalue weighted by molar-refractivity contribution is 0.0459. The Balaban J connectivity index is 1.69. The Morgan fingerprint density at radius 2 is 1.03 bits per heavy atom. The number of cyclic esters (lactones) is 4. The van der Waals surface area contributed by atoms with Gasteiger partial charge in [-0.1, -0.05) is 0 Å². The van der Waals surface area contributed by atoms with Crippen LogP contribution in [0.2, 0.25) is 64.5 Å². The molecular weight excluding hydrogens is 537 g/mol. The molecule has 0 amide bonds. The minimum Gasteiger partial charge on any atom is -0.456 e. The van der Waals surface area contributed by atoms with Gasteiger partial charge in [-0.25, -0.2) is 9.59 Å². The minimum atomic E-state index is -2.05. The highest BCUT2D eigenvalue weighted by molar-refractivity contribution is 7.38. The lowest BCUT2D eigenvalue weighted by Crippen LogP contribution is -2.65. The Hall–Kier alpha value is -0.752. The van der Waals surface area contributed by atoms with Crippen molar-refractivity contribution >= 4 is 44.6 Å². The second-order valence-corrected chi connectivity index (χ2v) is 34.6. The van der Waals surface area contributed by atoms with Crippen LogP contribution in [0.4, 0.5) is 9.59 Å². The third-order valence-corrected chi connectivity index (χ3v) is 31.6. The Bertz CT molecular complexity index is 672. The quantitative estimate of drug-likeness (QED) is 0.135. The molecule has 36 heavy (non-hydrogen) atoms. The molecule has 2 aliphatic rings. The maximum atomic E-state index is 11.0. The summed E-state index contributed by atoms with van der Waals surface area (Å²) in [6.45, 7) is 20.9. The van der Waals surface area contributed by atoms with E-state index in [-0.39, 0.29) is 25.4 Å². The van der Waals surface area contributed by atoms with E-state index in [2.05, 4.69) is 52.4 Å². The van der Waals surface area contributed by atoms with Crippen LogP contribution in [0, 0.1) is 0 Å². The van der Waals surface area contributed by atoms with Crippen molar-refractivity contribution in [2.75, 3.05) is 39.6 Å². The fourth-order valence-electron chi connectivity index (χ4n) is 4.25. The average Bonchev–Trinajstić information content (AvgIpc) is 3.33. The molecule has 0 radical (unpaired) electrons. The van der Waals surface area contributed by atoms with Crippen molar-refractivity contribution in [1.82, 2.24) is 0 Å². The first-order valence-electron chi connectivity index (χ1n) is 12.8. The summed E-state index contributed by atoms with van der Waals surface area (Å²) in [5, 5.41) is 0. The molecule has 14 heteroatoms. The van der Waals surface area contributed by atoms with Gasteiger partial charge in [0, 0.05) is 13.2 Å². The molecule has 2 unspecified atom stereocenters. The molecule has 0 saturated carbocycles. The van der Waals surface area contributed by atoms with E-state index in [0.717, 1.165) is 24.9 Å². The van der Waals surface area contributed by atoms with Gasteiger partial charge in [-0.3, -0.25) is 0 Å². The first kappa shape index (κ1) is 31.5. The number of carbonyl (C=O) groups is 2. The number of hydrogen-bond donors (Lipinski definition) is 0. The highest BCUT2D eigenvalue weighted by atomic mass is 29.3. The fraction of sp³-hybridized carbons (Fsp3) is 0.909. The van der Waals surface area contributed by atoms with E-state index in [4.69, 9.17) is 36.7 Å². The van der Waals surface area contributed by atoms with Gasteiger partial charge in [-0.2, -0.15) is 0 Å². The Labute approximate surface area is 219 Å². The third kappa shape index (κ3) is 10.9. The summed E-state index contributed by atoms with van der Waals surface area (Å²) in [5.41, 5.74) is 0. The van der Waals surface area contributed by atoms with Gasteiger partial charge in [0.05, 0.1) is 13.2 Å². The Morgan fingerprint density at radius 3 is 1.33 bits per heavy atom. The highest BCUT2D eigenvalue weighted by Gasteiger charge is 2.50. The number of carbonyl (C=O) groups excluding carboxylic acids is 2. The molecular formula is C22H46O10Si4. The van der Waals surface area contributed by atoms with Gasteiger partial charge in [-0.15, -0.1) is 0 Å². The molecule has 0 aromatic carbocycles. The summed E-state index contributed by atoms with van der Waals surface area (Å²) in [6.07, 6.45) is 0.0102. The summed E-state index contributed by atoms with van der Waals surface area (Å²) in [7, 11) is -7.88. The van der Waals surface area contributed by atoms with Crippen LogP contribution >= 0.6 is 0 Å². The van der Waals surface area contributed by atoms with Gasteiger partial charge >= 0.3 is 12.3 Å². The van der Waals surface area contributed by atoms with E-state index >= 15 is 0 Å². The molecule has 0 aromatic heterocycles. The van der Waals surface area contributed by atoms with Gasteiger partial charge < -0.3 is 36.7 Å². The summed E-state index contributed by atoms with van der Waals surface area (Å²) < 4.78 is 44.8. The topological polar surface area (TPSA) is 108 Å². The first-order chi connectivity index (χ1) is 16.6. The first-order valence-corrected chi connectivity index (χ1v) is 25.9. The van der Waals surface area contributed by atoms with E-state index in [0.29, 0.717) is 26.4 Å². The molecule has 2 atom stereocenters. The van der Waals surface area contributed by atoms with Crippen molar-refractivity contribution in [3.05, 3.63) is 0 Å². The molecule has 10 nitrogen and oxygen atoms in total. The van der Waals surface area contributed by atoms with Crippen molar-refractivity contribution in [2.45, 2.75) is 89.5 Å². The van der Waals surface area contributed by atoms with Crippen LogP contribution in [0.1, 0.15) is 12.8 Å². The van der Waals surface area contributed by atoms with Gasteiger partial charge in [0.1, 0.15) is 13.2 Å². The monoisotopic (exact) mass is 582 g/mol. The molecule has 2 fully saturated rings. The zero-order chi connectivity index (χ0) is 27.0. The molecule has 0 aromatic rings. The predicted octanol–water partition coefficient (Wildman–Crippen LogP) is 4.80. The van der Waals surface area contributed by atoms with Crippen molar-refractivity contribution in [2.24, 2.45) is 0 Å². The van der Waals surface area contributed by atoms with E-state index in [1.54, 1.807) is 0 Å². The van der Waals surface area contributed by atoms with Gasteiger partial charge in [0.2, 0.25) is 0 Å². The van der Waals surface area contributed by atoms with Crippen molar-refractivity contribution < 1.29 is 46.2 Å². The molecule has 0 aliphatic carbocycles.